The van der Waals surface area contributed by atoms with Crippen LogP contribution in [-0.4, -0.2) is 18.7 Å². The summed E-state index contributed by atoms with van der Waals surface area (Å²) in [4.78, 5) is 0. The molecule has 1 aromatic rings. The monoisotopic (exact) mass is 182 g/mol. The maximum atomic E-state index is 13.3. The lowest BCUT2D eigenvalue weighted by atomic mass is 9.78. The molecule has 13 heavy (non-hydrogen) atoms. The van der Waals surface area contributed by atoms with Crippen LogP contribution >= 0.6 is 0 Å². The van der Waals surface area contributed by atoms with E-state index >= 15 is 0 Å². The predicted octanol–water partition coefficient (Wildman–Crippen LogP) is 0.858. The fraction of sp³-hybridized carbons (Fsp3) is 0.333. The van der Waals surface area contributed by atoms with Gasteiger partial charge in [-0.25, -0.2) is 4.39 Å². The van der Waals surface area contributed by atoms with E-state index < -0.39 is 12.9 Å². The third-order valence-corrected chi connectivity index (χ3v) is 1.81. The highest BCUT2D eigenvalue weighted by molar-refractivity contribution is 6.60. The molecule has 0 amide bonds. The first-order chi connectivity index (χ1) is 6.16. The Labute approximate surface area is 77.5 Å². The Morgan fingerprint density at radius 2 is 2.23 bits per heavy atom. The Kier molecular flexibility index (Phi) is 3.45. The normalized spacial score (nSPS) is 10.2. The van der Waals surface area contributed by atoms with Crippen LogP contribution in [0.4, 0.5) is 4.39 Å². The van der Waals surface area contributed by atoms with Crippen molar-refractivity contribution in [3.63, 3.8) is 0 Å². The van der Waals surface area contributed by atoms with Gasteiger partial charge in [0.25, 0.3) is 0 Å². The molecule has 0 radical (unpaired) electrons. The lowest BCUT2D eigenvalue weighted by Gasteiger charge is -2.08. The Bertz CT molecular complexity index is 291. The molecular formula is C9H12BFO2. The molecule has 1 N–H and O–H groups in total. The minimum absolute atomic E-state index is 0.196. The van der Waals surface area contributed by atoms with Crippen molar-refractivity contribution in [1.82, 2.24) is 0 Å². The molecule has 0 aliphatic carbocycles. The smallest absolute Gasteiger partial charge is 0.423 e. The van der Waals surface area contributed by atoms with Crippen molar-refractivity contribution in [1.29, 1.82) is 0 Å². The minimum atomic E-state index is -1.16. The summed E-state index contributed by atoms with van der Waals surface area (Å²) in [6.45, 7) is 3.75. The summed E-state index contributed by atoms with van der Waals surface area (Å²) < 4.78 is 18.2. The van der Waals surface area contributed by atoms with Crippen LogP contribution in [0.2, 0.25) is 0 Å². The van der Waals surface area contributed by atoms with Crippen LogP contribution in [-0.2, 0) is 4.65 Å². The van der Waals surface area contributed by atoms with E-state index in [9.17, 15) is 9.41 Å². The molecule has 70 valence electrons. The average molecular weight is 182 g/mol. The second-order valence-electron chi connectivity index (χ2n) is 2.79. The lowest BCUT2D eigenvalue weighted by Crippen LogP contribution is -2.36. The van der Waals surface area contributed by atoms with Crippen molar-refractivity contribution < 1.29 is 14.1 Å². The van der Waals surface area contributed by atoms with Gasteiger partial charge in [-0.1, -0.05) is 18.2 Å². The van der Waals surface area contributed by atoms with Gasteiger partial charge in [-0.2, -0.15) is 0 Å². The molecule has 4 heteroatoms. The SMILES string of the molecule is CCOB(O)c1cccc(C)c1F. The maximum absolute atomic E-state index is 13.3. The Hall–Kier alpha value is -0.865. The molecule has 0 fully saturated rings. The highest BCUT2D eigenvalue weighted by atomic mass is 19.1. The molecule has 0 bridgehead atoms. The summed E-state index contributed by atoms with van der Waals surface area (Å²) in [5.41, 5.74) is 0.707. The Balaban J connectivity index is 2.93. The summed E-state index contributed by atoms with van der Waals surface area (Å²) in [7, 11) is -1.16. The number of aryl methyl sites for hydroxylation is 1. The first kappa shape index (κ1) is 10.2. The summed E-state index contributed by atoms with van der Waals surface area (Å²) in [6.07, 6.45) is 0. The fourth-order valence-corrected chi connectivity index (χ4v) is 1.11. The molecule has 2 nitrogen and oxygen atoms in total. The zero-order chi connectivity index (χ0) is 9.84. The van der Waals surface area contributed by atoms with E-state index in [-0.39, 0.29) is 5.46 Å². The van der Waals surface area contributed by atoms with Gasteiger partial charge >= 0.3 is 7.12 Å². The van der Waals surface area contributed by atoms with Crippen LogP contribution in [0.25, 0.3) is 0 Å². The molecule has 0 aromatic heterocycles. The minimum Gasteiger partial charge on any atom is -0.423 e. The standard InChI is InChI=1S/C9H12BFO2/c1-3-13-10(12)8-6-4-5-7(2)9(8)11/h4-6,12H,3H2,1-2H3. The highest BCUT2D eigenvalue weighted by Crippen LogP contribution is 2.03. The Morgan fingerprint density at radius 1 is 1.54 bits per heavy atom. The second kappa shape index (κ2) is 4.39. The molecule has 1 aromatic carbocycles. The van der Waals surface area contributed by atoms with E-state index in [2.05, 4.69) is 0 Å². The molecule has 0 spiro atoms. The Morgan fingerprint density at radius 3 is 2.85 bits per heavy atom. The number of hydrogen-bond acceptors (Lipinski definition) is 2. The van der Waals surface area contributed by atoms with Gasteiger partial charge in [-0.3, -0.25) is 0 Å². The third-order valence-electron chi connectivity index (χ3n) is 1.81. The lowest BCUT2D eigenvalue weighted by molar-refractivity contribution is 0.286. The van der Waals surface area contributed by atoms with E-state index in [1.54, 1.807) is 26.0 Å². The van der Waals surface area contributed by atoms with Gasteiger partial charge in [0.1, 0.15) is 5.82 Å². The molecule has 1 rings (SSSR count). The number of halogens is 1. The van der Waals surface area contributed by atoms with Gasteiger partial charge in [0.2, 0.25) is 0 Å². The average Bonchev–Trinajstić information content (AvgIpc) is 2.10. The highest BCUT2D eigenvalue weighted by Gasteiger charge is 2.20. The number of benzene rings is 1. The van der Waals surface area contributed by atoms with Gasteiger partial charge in [0.15, 0.2) is 0 Å². The fourth-order valence-electron chi connectivity index (χ4n) is 1.11. The van der Waals surface area contributed by atoms with Gasteiger partial charge in [0.05, 0.1) is 0 Å². The third kappa shape index (κ3) is 2.29. The molecule has 0 saturated carbocycles. The zero-order valence-electron chi connectivity index (χ0n) is 7.75. The van der Waals surface area contributed by atoms with E-state index in [1.807, 2.05) is 0 Å². The van der Waals surface area contributed by atoms with E-state index in [1.165, 1.54) is 6.07 Å². The van der Waals surface area contributed by atoms with E-state index in [0.717, 1.165) is 0 Å². The second-order valence-corrected chi connectivity index (χ2v) is 2.79. The first-order valence-corrected chi connectivity index (χ1v) is 4.21. The van der Waals surface area contributed by atoms with Crippen molar-refractivity contribution in [3.8, 4) is 0 Å². The zero-order valence-corrected chi connectivity index (χ0v) is 7.75. The molecule has 0 atom stereocenters. The molecule has 0 aliphatic rings. The van der Waals surface area contributed by atoms with Gasteiger partial charge in [0, 0.05) is 12.1 Å². The van der Waals surface area contributed by atoms with Gasteiger partial charge in [-0.05, 0) is 19.4 Å². The van der Waals surface area contributed by atoms with Crippen LogP contribution in [0, 0.1) is 12.7 Å². The predicted molar refractivity (Wildman–Crippen MR) is 50.4 cm³/mol. The van der Waals surface area contributed by atoms with Crippen LogP contribution < -0.4 is 5.46 Å². The molecule has 0 heterocycles. The van der Waals surface area contributed by atoms with Crippen molar-refractivity contribution >= 4 is 12.6 Å². The van der Waals surface area contributed by atoms with Crippen LogP contribution in [0.3, 0.4) is 0 Å². The molecule has 0 saturated heterocycles. The van der Waals surface area contributed by atoms with Gasteiger partial charge < -0.3 is 9.68 Å². The van der Waals surface area contributed by atoms with E-state index in [4.69, 9.17) is 4.65 Å². The van der Waals surface area contributed by atoms with Crippen molar-refractivity contribution in [3.05, 3.63) is 29.6 Å². The van der Waals surface area contributed by atoms with Crippen LogP contribution in [0.15, 0.2) is 18.2 Å². The summed E-state index contributed by atoms with van der Waals surface area (Å²) >= 11 is 0. The van der Waals surface area contributed by atoms with Crippen LogP contribution in [0.1, 0.15) is 12.5 Å². The topological polar surface area (TPSA) is 29.5 Å². The van der Waals surface area contributed by atoms with Crippen molar-refractivity contribution in [2.75, 3.05) is 6.61 Å². The summed E-state index contributed by atoms with van der Waals surface area (Å²) in [6, 6.07) is 4.86. The largest absolute Gasteiger partial charge is 0.494 e. The summed E-state index contributed by atoms with van der Waals surface area (Å²) in [5.74, 6) is -0.400. The van der Waals surface area contributed by atoms with Crippen LogP contribution in [0.5, 0.6) is 0 Å². The first-order valence-electron chi connectivity index (χ1n) is 4.21. The summed E-state index contributed by atoms with van der Waals surface area (Å²) in [5, 5.41) is 9.36. The quantitative estimate of drug-likeness (QED) is 0.702. The van der Waals surface area contributed by atoms with Gasteiger partial charge in [-0.15, -0.1) is 0 Å². The number of rotatable bonds is 3. The maximum Gasteiger partial charge on any atom is 0.494 e. The van der Waals surface area contributed by atoms with E-state index in [0.29, 0.717) is 12.2 Å². The number of hydrogen-bond donors (Lipinski definition) is 1. The van der Waals surface area contributed by atoms with Crippen molar-refractivity contribution in [2.24, 2.45) is 0 Å². The molecule has 0 unspecified atom stereocenters. The molecule has 0 aliphatic heterocycles. The molecular weight excluding hydrogens is 170 g/mol. The van der Waals surface area contributed by atoms with Crippen molar-refractivity contribution in [2.45, 2.75) is 13.8 Å².